The number of ether oxygens (including phenoxy) is 1. The van der Waals surface area contributed by atoms with Crippen LogP contribution in [0.25, 0.3) is 10.1 Å². The number of nitrogens with zero attached hydrogens (tertiary/aromatic N) is 1. The Morgan fingerprint density at radius 2 is 1.82 bits per heavy atom. The van der Waals surface area contributed by atoms with Crippen molar-refractivity contribution in [3.05, 3.63) is 46.8 Å². The molecule has 4 rings (SSSR count). The number of piperidine rings is 1. The molecule has 1 fully saturated rings. The molecule has 1 aliphatic heterocycles. The molecular weight excluding hydrogens is 538 g/mol. The van der Waals surface area contributed by atoms with E-state index < -0.39 is 12.6 Å². The van der Waals surface area contributed by atoms with Crippen LogP contribution >= 0.6 is 19.3 Å². The molecule has 39 heavy (non-hydrogen) atoms. The standard InChI is InChI=1S/C30H37F3N3OPS/c1-19-15-21(16-20(2)36(19)3)35-26-10-7-9-23-24(18-30(31,32)33)28(39-29(23)26)11-8-14-34-25-13-12-22(38(5)6)17-27(25)37-4/h7,9-10,12-13,17,19-21,34-35H,14-16,18H2,1-6H3. The number of alkyl halides is 3. The normalized spacial score (nSPS) is 20.1. The molecule has 210 valence electrons. The van der Waals surface area contributed by atoms with E-state index in [9.17, 15) is 13.2 Å². The van der Waals surface area contributed by atoms with Crippen LogP contribution in [-0.4, -0.2) is 63.2 Å². The molecule has 2 atom stereocenters. The van der Waals surface area contributed by atoms with Gasteiger partial charge in [0.2, 0.25) is 0 Å². The second kappa shape index (κ2) is 12.4. The summed E-state index contributed by atoms with van der Waals surface area (Å²) >= 11 is 1.34. The molecule has 0 amide bonds. The first-order valence-corrected chi connectivity index (χ1v) is 16.2. The van der Waals surface area contributed by atoms with Gasteiger partial charge in [0.25, 0.3) is 0 Å². The Labute approximate surface area is 235 Å². The number of benzene rings is 2. The minimum absolute atomic E-state index is 0.251. The van der Waals surface area contributed by atoms with E-state index in [1.807, 2.05) is 24.3 Å². The Kier molecular flexibility index (Phi) is 9.37. The summed E-state index contributed by atoms with van der Waals surface area (Å²) < 4.78 is 47.2. The van der Waals surface area contributed by atoms with Gasteiger partial charge in [-0.25, -0.2) is 0 Å². The van der Waals surface area contributed by atoms with Gasteiger partial charge in [0, 0.05) is 18.1 Å². The Balaban J connectivity index is 1.60. The molecule has 1 saturated heterocycles. The van der Waals surface area contributed by atoms with E-state index in [4.69, 9.17) is 4.74 Å². The predicted octanol–water partition coefficient (Wildman–Crippen LogP) is 7.13. The summed E-state index contributed by atoms with van der Waals surface area (Å²) in [6.07, 6.45) is -3.35. The number of hydrogen-bond donors (Lipinski definition) is 2. The van der Waals surface area contributed by atoms with Crippen LogP contribution in [0.3, 0.4) is 0 Å². The summed E-state index contributed by atoms with van der Waals surface area (Å²) in [4.78, 5) is 2.84. The van der Waals surface area contributed by atoms with E-state index >= 15 is 0 Å². The highest BCUT2D eigenvalue weighted by Gasteiger charge is 2.32. The van der Waals surface area contributed by atoms with Gasteiger partial charge in [0.15, 0.2) is 0 Å². The van der Waals surface area contributed by atoms with Crippen molar-refractivity contribution in [2.75, 3.05) is 44.7 Å². The predicted molar refractivity (Wildman–Crippen MR) is 162 cm³/mol. The summed E-state index contributed by atoms with van der Waals surface area (Å²) in [6, 6.07) is 12.8. The van der Waals surface area contributed by atoms with E-state index in [0.29, 0.717) is 28.9 Å². The lowest BCUT2D eigenvalue weighted by atomic mass is 9.93. The Morgan fingerprint density at radius 1 is 1.10 bits per heavy atom. The Bertz CT molecular complexity index is 1350. The van der Waals surface area contributed by atoms with E-state index in [2.05, 4.69) is 67.7 Å². The first-order chi connectivity index (χ1) is 18.5. The topological polar surface area (TPSA) is 36.5 Å². The van der Waals surface area contributed by atoms with E-state index in [0.717, 1.165) is 34.7 Å². The van der Waals surface area contributed by atoms with Gasteiger partial charge >= 0.3 is 6.18 Å². The van der Waals surface area contributed by atoms with Crippen molar-refractivity contribution in [3.8, 4) is 17.6 Å². The van der Waals surface area contributed by atoms with Gasteiger partial charge in [0.1, 0.15) is 5.75 Å². The van der Waals surface area contributed by atoms with Crippen molar-refractivity contribution in [1.82, 2.24) is 4.90 Å². The minimum atomic E-state index is -4.32. The largest absolute Gasteiger partial charge is 0.495 e. The van der Waals surface area contributed by atoms with Crippen LogP contribution < -0.4 is 20.7 Å². The van der Waals surface area contributed by atoms with Gasteiger partial charge in [0.05, 0.1) is 41.0 Å². The average molecular weight is 576 g/mol. The van der Waals surface area contributed by atoms with Gasteiger partial charge < -0.3 is 20.3 Å². The maximum Gasteiger partial charge on any atom is 0.393 e. The molecule has 0 radical (unpaired) electrons. The van der Waals surface area contributed by atoms with Crippen molar-refractivity contribution in [2.45, 2.75) is 57.4 Å². The van der Waals surface area contributed by atoms with Gasteiger partial charge in [-0.1, -0.05) is 38.0 Å². The smallest absolute Gasteiger partial charge is 0.393 e. The SMILES string of the molecule is COc1cc(P(C)C)ccc1NCC#Cc1sc2c(NC3CC(C)N(C)C(C)C3)cccc2c1CC(F)(F)F. The third kappa shape index (κ3) is 7.20. The Morgan fingerprint density at radius 3 is 2.46 bits per heavy atom. The zero-order chi connectivity index (χ0) is 28.3. The van der Waals surface area contributed by atoms with Gasteiger partial charge in [-0.05, 0) is 81.5 Å². The van der Waals surface area contributed by atoms with Crippen LogP contribution in [0.5, 0.6) is 5.75 Å². The first-order valence-electron chi connectivity index (χ1n) is 13.1. The highest BCUT2D eigenvalue weighted by Crippen LogP contribution is 2.40. The quantitative estimate of drug-likeness (QED) is 0.232. The fraction of sp³-hybridized carbons (Fsp3) is 0.467. The molecule has 2 heterocycles. The van der Waals surface area contributed by atoms with Crippen LogP contribution in [0.15, 0.2) is 36.4 Å². The lowest BCUT2D eigenvalue weighted by Gasteiger charge is -2.40. The Hall–Kier alpha value is -2.46. The third-order valence-corrected chi connectivity index (χ3v) is 9.98. The van der Waals surface area contributed by atoms with Crippen molar-refractivity contribution < 1.29 is 17.9 Å². The molecule has 1 aliphatic rings. The zero-order valence-electron chi connectivity index (χ0n) is 23.4. The van der Waals surface area contributed by atoms with Crippen LogP contribution in [0, 0.1) is 11.8 Å². The lowest BCUT2D eigenvalue weighted by molar-refractivity contribution is -0.126. The fourth-order valence-corrected chi connectivity index (χ4v) is 7.07. The molecule has 0 spiro atoms. The minimum Gasteiger partial charge on any atom is -0.495 e. The number of hydrogen-bond acceptors (Lipinski definition) is 5. The molecule has 2 N–H and O–H groups in total. The van der Waals surface area contributed by atoms with Crippen LogP contribution in [0.2, 0.25) is 0 Å². The molecule has 4 nitrogen and oxygen atoms in total. The molecular formula is C30H37F3N3OPS. The van der Waals surface area contributed by atoms with Crippen LogP contribution in [0.1, 0.15) is 37.1 Å². The number of rotatable bonds is 7. The summed E-state index contributed by atoms with van der Waals surface area (Å²) in [5.41, 5.74) is 1.95. The average Bonchev–Trinajstić information content (AvgIpc) is 3.21. The second-order valence-electron chi connectivity index (χ2n) is 10.5. The summed E-state index contributed by atoms with van der Waals surface area (Å²) in [5.74, 6) is 6.83. The van der Waals surface area contributed by atoms with E-state index in [1.165, 1.54) is 16.6 Å². The fourth-order valence-electron chi connectivity index (χ4n) is 5.15. The summed E-state index contributed by atoms with van der Waals surface area (Å²) in [5, 5.41) is 8.76. The lowest BCUT2D eigenvalue weighted by Crippen LogP contribution is -2.47. The number of likely N-dealkylation sites (tertiary alicyclic amines) is 1. The highest BCUT2D eigenvalue weighted by molar-refractivity contribution is 7.64. The van der Waals surface area contributed by atoms with Crippen molar-refractivity contribution in [1.29, 1.82) is 0 Å². The van der Waals surface area contributed by atoms with Crippen molar-refractivity contribution in [2.24, 2.45) is 0 Å². The van der Waals surface area contributed by atoms with Crippen LogP contribution in [0.4, 0.5) is 24.5 Å². The number of fused-ring (bicyclic) bond motifs is 1. The van der Waals surface area contributed by atoms with Gasteiger partial charge in [-0.3, -0.25) is 0 Å². The zero-order valence-corrected chi connectivity index (χ0v) is 25.1. The molecule has 0 bridgehead atoms. The first kappa shape index (κ1) is 29.5. The number of methoxy groups -OCH3 is 1. The number of nitrogens with one attached hydrogen (secondary N) is 2. The summed E-state index contributed by atoms with van der Waals surface area (Å²) in [7, 11) is 3.52. The number of halogens is 3. The molecule has 0 saturated carbocycles. The maximum atomic E-state index is 13.6. The number of anilines is 2. The van der Waals surface area contributed by atoms with E-state index in [-0.39, 0.29) is 19.5 Å². The van der Waals surface area contributed by atoms with Gasteiger partial charge in [-0.2, -0.15) is 13.2 Å². The second-order valence-corrected chi connectivity index (χ2v) is 13.8. The van der Waals surface area contributed by atoms with E-state index in [1.54, 1.807) is 13.2 Å². The van der Waals surface area contributed by atoms with Crippen molar-refractivity contribution in [3.63, 3.8) is 0 Å². The molecule has 3 aromatic rings. The summed E-state index contributed by atoms with van der Waals surface area (Å²) in [6.45, 7) is 9.09. The monoisotopic (exact) mass is 575 g/mol. The molecule has 0 aliphatic carbocycles. The van der Waals surface area contributed by atoms with Crippen LogP contribution in [-0.2, 0) is 6.42 Å². The third-order valence-electron chi connectivity index (χ3n) is 7.47. The molecule has 2 aromatic carbocycles. The molecule has 1 aromatic heterocycles. The molecule has 2 unspecified atom stereocenters. The maximum absolute atomic E-state index is 13.6. The van der Waals surface area contributed by atoms with Gasteiger partial charge in [-0.15, -0.1) is 11.3 Å². The molecule has 9 heteroatoms. The van der Waals surface area contributed by atoms with Crippen molar-refractivity contribution >= 4 is 46.0 Å². The number of thiophene rings is 1. The highest BCUT2D eigenvalue weighted by atomic mass is 32.1.